The molecule has 1 aliphatic heterocycles. The van der Waals surface area contributed by atoms with Crippen LogP contribution in [0.25, 0.3) is 0 Å². The molecule has 2 aromatic rings. The molecule has 112 valence electrons. The van der Waals surface area contributed by atoms with E-state index in [-0.39, 0.29) is 17.9 Å². The van der Waals surface area contributed by atoms with Crippen LogP contribution in [0.2, 0.25) is 0 Å². The average Bonchev–Trinajstić information content (AvgIpc) is 3.08. The van der Waals surface area contributed by atoms with Crippen LogP contribution in [0.5, 0.6) is 0 Å². The van der Waals surface area contributed by atoms with Crippen LogP contribution in [0.3, 0.4) is 0 Å². The Morgan fingerprint density at radius 2 is 2.14 bits per heavy atom. The van der Waals surface area contributed by atoms with Gasteiger partial charge in [0.1, 0.15) is 17.5 Å². The highest BCUT2D eigenvalue weighted by molar-refractivity contribution is 5.21. The number of nitrogens with zero attached hydrogens (tertiary/aromatic N) is 3. The topological polar surface area (TPSA) is 42.7 Å². The van der Waals surface area contributed by atoms with Gasteiger partial charge in [-0.3, -0.25) is 0 Å². The van der Waals surface area contributed by atoms with Crippen LogP contribution in [0.4, 0.5) is 4.39 Å². The van der Waals surface area contributed by atoms with E-state index in [1.165, 1.54) is 6.07 Å². The number of benzene rings is 1. The lowest BCUT2D eigenvalue weighted by molar-refractivity contribution is 0.418. The summed E-state index contributed by atoms with van der Waals surface area (Å²) in [5, 5.41) is 12.0. The van der Waals surface area contributed by atoms with Gasteiger partial charge in [-0.1, -0.05) is 25.1 Å². The van der Waals surface area contributed by atoms with E-state index in [1.54, 1.807) is 6.07 Å². The molecule has 0 fully saturated rings. The predicted octanol–water partition coefficient (Wildman–Crippen LogP) is 3.17. The molecule has 0 saturated heterocycles. The van der Waals surface area contributed by atoms with Gasteiger partial charge in [-0.15, -0.1) is 10.2 Å². The Kier molecular flexibility index (Phi) is 4.01. The van der Waals surface area contributed by atoms with Crippen molar-refractivity contribution < 1.29 is 4.39 Å². The minimum absolute atomic E-state index is 0.0180. The summed E-state index contributed by atoms with van der Waals surface area (Å²) >= 11 is 0. The quantitative estimate of drug-likeness (QED) is 0.919. The lowest BCUT2D eigenvalue weighted by Crippen LogP contribution is -2.27. The Morgan fingerprint density at radius 1 is 1.33 bits per heavy atom. The lowest BCUT2D eigenvalue weighted by Gasteiger charge is -2.22. The van der Waals surface area contributed by atoms with Gasteiger partial charge in [0.25, 0.3) is 0 Å². The van der Waals surface area contributed by atoms with Crippen LogP contribution in [-0.4, -0.2) is 14.8 Å². The van der Waals surface area contributed by atoms with Gasteiger partial charge in [-0.2, -0.15) is 0 Å². The van der Waals surface area contributed by atoms with Crippen molar-refractivity contribution in [1.29, 1.82) is 0 Å². The smallest absolute Gasteiger partial charge is 0.149 e. The van der Waals surface area contributed by atoms with Gasteiger partial charge < -0.3 is 9.88 Å². The van der Waals surface area contributed by atoms with E-state index < -0.39 is 0 Å². The second kappa shape index (κ2) is 5.93. The molecule has 3 rings (SSSR count). The summed E-state index contributed by atoms with van der Waals surface area (Å²) < 4.78 is 16.2. The van der Waals surface area contributed by atoms with Crippen LogP contribution >= 0.6 is 0 Å². The second-order valence-corrected chi connectivity index (χ2v) is 5.60. The van der Waals surface area contributed by atoms with Crippen molar-refractivity contribution in [1.82, 2.24) is 20.1 Å². The molecule has 2 atom stereocenters. The normalized spacial score (nSPS) is 16.7. The summed E-state index contributed by atoms with van der Waals surface area (Å²) in [6.07, 6.45) is 2.96. The number of hydrogen-bond donors (Lipinski definition) is 1. The third-order valence-electron chi connectivity index (χ3n) is 4.17. The van der Waals surface area contributed by atoms with E-state index in [1.807, 2.05) is 12.1 Å². The van der Waals surface area contributed by atoms with Crippen molar-refractivity contribution >= 4 is 0 Å². The number of fused-ring (bicyclic) bond motifs is 1. The van der Waals surface area contributed by atoms with E-state index in [2.05, 4.69) is 33.9 Å². The molecule has 4 nitrogen and oxygen atoms in total. The number of hydrogen-bond acceptors (Lipinski definition) is 3. The monoisotopic (exact) mass is 288 g/mol. The molecule has 0 amide bonds. The van der Waals surface area contributed by atoms with Gasteiger partial charge in [0.15, 0.2) is 0 Å². The zero-order valence-corrected chi connectivity index (χ0v) is 12.5. The molecule has 5 heteroatoms. The molecule has 0 aliphatic carbocycles. The molecule has 1 aromatic carbocycles. The maximum atomic E-state index is 14.0. The fourth-order valence-electron chi connectivity index (χ4n) is 3.05. The standard InChI is InChI=1S/C16H21FN4/c1-3-14(12-7-4-5-8-13(12)17)18-11(2)16-20-19-15-9-6-10-21(15)16/h4-5,7-8,11,14,18H,3,6,9-10H2,1-2H3. The minimum Gasteiger partial charge on any atom is -0.314 e. The maximum absolute atomic E-state index is 14.0. The number of aromatic nitrogens is 3. The number of rotatable bonds is 5. The zero-order valence-electron chi connectivity index (χ0n) is 12.5. The largest absolute Gasteiger partial charge is 0.314 e. The summed E-state index contributed by atoms with van der Waals surface area (Å²) in [5.74, 6) is 1.87. The van der Waals surface area contributed by atoms with Crippen molar-refractivity contribution in [2.75, 3.05) is 0 Å². The molecule has 0 bridgehead atoms. The fourth-order valence-corrected chi connectivity index (χ4v) is 3.05. The molecule has 0 radical (unpaired) electrons. The third kappa shape index (κ3) is 2.70. The molecular formula is C16H21FN4. The molecule has 0 saturated carbocycles. The summed E-state index contributed by atoms with van der Waals surface area (Å²) in [7, 11) is 0. The first-order chi connectivity index (χ1) is 10.2. The first kappa shape index (κ1) is 14.2. The third-order valence-corrected chi connectivity index (χ3v) is 4.17. The van der Waals surface area contributed by atoms with Gasteiger partial charge in [0.05, 0.1) is 6.04 Å². The van der Waals surface area contributed by atoms with E-state index in [0.717, 1.165) is 37.5 Å². The number of aryl methyl sites for hydroxylation is 1. The van der Waals surface area contributed by atoms with E-state index in [9.17, 15) is 4.39 Å². The van der Waals surface area contributed by atoms with E-state index in [0.29, 0.717) is 5.56 Å². The first-order valence-electron chi connectivity index (χ1n) is 7.63. The predicted molar refractivity (Wildman–Crippen MR) is 79.3 cm³/mol. The highest BCUT2D eigenvalue weighted by Crippen LogP contribution is 2.25. The molecule has 2 unspecified atom stereocenters. The molecule has 2 heterocycles. The summed E-state index contributed by atoms with van der Waals surface area (Å²) in [4.78, 5) is 0. The Labute approximate surface area is 124 Å². The van der Waals surface area contributed by atoms with Gasteiger partial charge in [0, 0.05) is 24.6 Å². The maximum Gasteiger partial charge on any atom is 0.149 e. The highest BCUT2D eigenvalue weighted by Gasteiger charge is 2.23. The van der Waals surface area contributed by atoms with Crippen LogP contribution in [-0.2, 0) is 13.0 Å². The van der Waals surface area contributed by atoms with Crippen LogP contribution in [0.15, 0.2) is 24.3 Å². The van der Waals surface area contributed by atoms with Gasteiger partial charge in [-0.05, 0) is 25.8 Å². The Bertz CT molecular complexity index is 622. The summed E-state index contributed by atoms with van der Waals surface area (Å²) in [5.41, 5.74) is 0.716. The molecular weight excluding hydrogens is 267 g/mol. The second-order valence-electron chi connectivity index (χ2n) is 5.60. The minimum atomic E-state index is -0.157. The van der Waals surface area contributed by atoms with Crippen molar-refractivity contribution in [3.05, 3.63) is 47.3 Å². The first-order valence-corrected chi connectivity index (χ1v) is 7.63. The fraction of sp³-hybridized carbons (Fsp3) is 0.500. The van der Waals surface area contributed by atoms with Crippen molar-refractivity contribution in [2.45, 2.75) is 51.7 Å². The van der Waals surface area contributed by atoms with Crippen molar-refractivity contribution in [2.24, 2.45) is 0 Å². The lowest BCUT2D eigenvalue weighted by atomic mass is 10.0. The van der Waals surface area contributed by atoms with E-state index >= 15 is 0 Å². The van der Waals surface area contributed by atoms with Crippen molar-refractivity contribution in [3.8, 4) is 0 Å². The van der Waals surface area contributed by atoms with Gasteiger partial charge in [0.2, 0.25) is 0 Å². The zero-order chi connectivity index (χ0) is 14.8. The highest BCUT2D eigenvalue weighted by atomic mass is 19.1. The summed E-state index contributed by atoms with van der Waals surface area (Å²) in [6.45, 7) is 5.12. The Balaban J connectivity index is 1.79. The average molecular weight is 288 g/mol. The van der Waals surface area contributed by atoms with Crippen molar-refractivity contribution in [3.63, 3.8) is 0 Å². The SMILES string of the molecule is CCC(NC(C)c1nnc2n1CCC2)c1ccccc1F. The van der Waals surface area contributed by atoms with E-state index in [4.69, 9.17) is 0 Å². The molecule has 1 aliphatic rings. The van der Waals surface area contributed by atoms with Crippen LogP contribution in [0.1, 0.15) is 56.0 Å². The Morgan fingerprint density at radius 3 is 2.90 bits per heavy atom. The molecule has 0 spiro atoms. The van der Waals surface area contributed by atoms with Gasteiger partial charge >= 0.3 is 0 Å². The van der Waals surface area contributed by atoms with Crippen LogP contribution in [0, 0.1) is 5.82 Å². The van der Waals surface area contributed by atoms with Crippen LogP contribution < -0.4 is 5.32 Å². The molecule has 1 aromatic heterocycles. The molecule has 1 N–H and O–H groups in total. The number of nitrogens with one attached hydrogen (secondary N) is 1. The van der Waals surface area contributed by atoms with Gasteiger partial charge in [-0.25, -0.2) is 4.39 Å². The summed E-state index contributed by atoms with van der Waals surface area (Å²) in [6, 6.07) is 6.99. The number of halogens is 1. The Hall–Kier alpha value is -1.75. The molecule has 21 heavy (non-hydrogen) atoms.